The summed E-state index contributed by atoms with van der Waals surface area (Å²) in [5.74, 6) is 0.233. The van der Waals surface area contributed by atoms with Crippen molar-refractivity contribution in [2.75, 3.05) is 6.61 Å². The van der Waals surface area contributed by atoms with E-state index in [0.717, 1.165) is 12.0 Å². The predicted molar refractivity (Wildman–Crippen MR) is 134 cm³/mol. The minimum Gasteiger partial charge on any atom is -0.438 e. The van der Waals surface area contributed by atoms with Gasteiger partial charge in [0, 0.05) is 5.56 Å². The summed E-state index contributed by atoms with van der Waals surface area (Å²) in [6.07, 6.45) is 6.23. The number of aromatic nitrogens is 2. The van der Waals surface area contributed by atoms with Gasteiger partial charge in [0.15, 0.2) is 5.69 Å². The van der Waals surface area contributed by atoms with Gasteiger partial charge in [-0.25, -0.2) is 4.68 Å². The van der Waals surface area contributed by atoms with Crippen molar-refractivity contribution in [2.24, 2.45) is 0 Å². The van der Waals surface area contributed by atoms with Crippen LogP contribution >= 0.6 is 11.6 Å². The van der Waals surface area contributed by atoms with Crippen molar-refractivity contribution in [3.63, 3.8) is 0 Å². The maximum absolute atomic E-state index is 13.2. The standard InChI is InChI=1S/C26H34ClN3O3/c1-8-10-11-21(27)18(4)33-25-17(3)23(29-30(25)26(5,6)7)24(32)28-22(16-31)20-14-12-19(9-2)13-15-20/h8,10-15,22,31H,4,9,16H2,1-3,5-7H3,(H,28,32)/b10-8-,21-11+. The third kappa shape index (κ3) is 6.59. The van der Waals surface area contributed by atoms with Gasteiger partial charge in [0.25, 0.3) is 5.91 Å². The van der Waals surface area contributed by atoms with Crippen LogP contribution in [0.3, 0.4) is 0 Å². The Balaban J connectivity index is 2.37. The number of hydrogen-bond acceptors (Lipinski definition) is 4. The first-order valence-corrected chi connectivity index (χ1v) is 11.4. The molecule has 2 rings (SSSR count). The lowest BCUT2D eigenvalue weighted by atomic mass is 10.0. The molecule has 0 radical (unpaired) electrons. The summed E-state index contributed by atoms with van der Waals surface area (Å²) >= 11 is 6.27. The summed E-state index contributed by atoms with van der Waals surface area (Å²) in [6.45, 7) is 15.3. The fourth-order valence-electron chi connectivity index (χ4n) is 3.16. The molecule has 0 saturated carbocycles. The van der Waals surface area contributed by atoms with E-state index in [1.54, 1.807) is 23.8 Å². The lowest BCUT2D eigenvalue weighted by Gasteiger charge is -2.22. The Kier molecular flexibility index (Phi) is 9.08. The second-order valence-corrected chi connectivity index (χ2v) is 9.14. The smallest absolute Gasteiger partial charge is 0.272 e. The van der Waals surface area contributed by atoms with E-state index in [9.17, 15) is 9.90 Å². The van der Waals surface area contributed by atoms with Gasteiger partial charge in [-0.2, -0.15) is 5.10 Å². The van der Waals surface area contributed by atoms with Crippen molar-refractivity contribution in [2.45, 2.75) is 59.5 Å². The third-order valence-electron chi connectivity index (χ3n) is 5.12. The largest absolute Gasteiger partial charge is 0.438 e. The summed E-state index contributed by atoms with van der Waals surface area (Å²) in [6, 6.07) is 7.26. The van der Waals surface area contributed by atoms with Crippen LogP contribution in [0, 0.1) is 6.92 Å². The van der Waals surface area contributed by atoms with E-state index in [1.807, 2.05) is 58.0 Å². The SMILES string of the molecule is C=C(Oc1c(C)c(C(=O)NC(CO)c2ccc(CC)cc2)nn1C(C)(C)C)/C(Cl)=C\C=C/C. The Morgan fingerprint density at radius 3 is 2.48 bits per heavy atom. The fraction of sp³-hybridized carbons (Fsp3) is 0.385. The zero-order chi connectivity index (χ0) is 24.8. The first-order valence-electron chi connectivity index (χ1n) is 11.0. The molecule has 0 bridgehead atoms. The molecule has 1 aromatic carbocycles. The molecule has 1 amide bonds. The van der Waals surface area contributed by atoms with Crippen molar-refractivity contribution < 1.29 is 14.6 Å². The van der Waals surface area contributed by atoms with Crippen molar-refractivity contribution in [1.29, 1.82) is 0 Å². The number of carbonyl (C=O) groups excluding carboxylic acids is 1. The van der Waals surface area contributed by atoms with Gasteiger partial charge < -0.3 is 15.2 Å². The molecule has 0 aliphatic carbocycles. The van der Waals surface area contributed by atoms with Crippen LogP contribution in [0.4, 0.5) is 0 Å². The number of halogens is 1. The third-order valence-corrected chi connectivity index (χ3v) is 5.46. The van der Waals surface area contributed by atoms with E-state index >= 15 is 0 Å². The molecule has 1 heterocycles. The monoisotopic (exact) mass is 471 g/mol. The Hall–Kier alpha value is -2.83. The summed E-state index contributed by atoms with van der Waals surface area (Å²) in [5, 5.41) is 17.7. The summed E-state index contributed by atoms with van der Waals surface area (Å²) in [4.78, 5) is 13.2. The van der Waals surface area contributed by atoms with E-state index in [-0.39, 0.29) is 18.1 Å². The topological polar surface area (TPSA) is 76.4 Å². The number of nitrogens with one attached hydrogen (secondary N) is 1. The lowest BCUT2D eigenvalue weighted by molar-refractivity contribution is 0.0909. The Morgan fingerprint density at radius 1 is 1.33 bits per heavy atom. The molecule has 0 aliphatic heterocycles. The molecule has 0 fully saturated rings. The molecule has 1 unspecified atom stereocenters. The van der Waals surface area contributed by atoms with Crippen LogP contribution < -0.4 is 10.1 Å². The highest BCUT2D eigenvalue weighted by atomic mass is 35.5. The highest BCUT2D eigenvalue weighted by molar-refractivity contribution is 6.31. The summed E-state index contributed by atoms with van der Waals surface area (Å²) in [7, 11) is 0. The van der Waals surface area contributed by atoms with Gasteiger partial charge in [0.05, 0.1) is 23.2 Å². The van der Waals surface area contributed by atoms with E-state index in [2.05, 4.69) is 23.9 Å². The van der Waals surface area contributed by atoms with Gasteiger partial charge in [-0.15, -0.1) is 0 Å². The molecule has 2 N–H and O–H groups in total. The molecular formula is C26H34ClN3O3. The van der Waals surface area contributed by atoms with E-state index < -0.39 is 17.5 Å². The van der Waals surface area contributed by atoms with E-state index in [0.29, 0.717) is 16.5 Å². The molecule has 0 spiro atoms. The molecule has 0 saturated heterocycles. The van der Waals surface area contributed by atoms with Crippen molar-refractivity contribution in [1.82, 2.24) is 15.1 Å². The molecule has 2 aromatic rings. The quantitative estimate of drug-likeness (QED) is 0.370. The molecule has 0 aliphatic rings. The number of hydrogen-bond donors (Lipinski definition) is 2. The number of ether oxygens (including phenoxy) is 1. The number of benzene rings is 1. The summed E-state index contributed by atoms with van der Waals surface area (Å²) in [5.41, 5.74) is 2.31. The number of rotatable bonds is 9. The summed E-state index contributed by atoms with van der Waals surface area (Å²) < 4.78 is 7.62. The molecular weight excluding hydrogens is 438 g/mol. The van der Waals surface area contributed by atoms with Gasteiger partial charge in [0.1, 0.15) is 5.76 Å². The number of nitrogens with zero attached hydrogens (tertiary/aromatic N) is 2. The number of carbonyl (C=O) groups is 1. The van der Waals surface area contributed by atoms with Crippen LogP contribution in [-0.4, -0.2) is 27.4 Å². The van der Waals surface area contributed by atoms with E-state index in [1.165, 1.54) is 5.56 Å². The molecule has 33 heavy (non-hydrogen) atoms. The highest BCUT2D eigenvalue weighted by Crippen LogP contribution is 2.31. The van der Waals surface area contributed by atoms with E-state index in [4.69, 9.17) is 16.3 Å². The Morgan fingerprint density at radius 2 is 1.97 bits per heavy atom. The lowest BCUT2D eigenvalue weighted by Crippen LogP contribution is -2.32. The average molecular weight is 472 g/mol. The zero-order valence-corrected chi connectivity index (χ0v) is 21.0. The van der Waals surface area contributed by atoms with Gasteiger partial charge in [0.2, 0.25) is 5.88 Å². The van der Waals surface area contributed by atoms with Crippen LogP contribution in [0.2, 0.25) is 0 Å². The van der Waals surface area contributed by atoms with Crippen LogP contribution in [0.15, 0.2) is 59.9 Å². The minimum absolute atomic E-state index is 0.213. The maximum Gasteiger partial charge on any atom is 0.272 e. The average Bonchev–Trinajstić information content (AvgIpc) is 3.12. The Labute approximate surface area is 201 Å². The normalized spacial score (nSPS) is 13.3. The number of allylic oxidation sites excluding steroid dienone is 4. The van der Waals surface area contributed by atoms with Crippen molar-refractivity contribution in [3.8, 4) is 5.88 Å². The second kappa shape index (κ2) is 11.3. The van der Waals surface area contributed by atoms with Crippen molar-refractivity contribution >= 4 is 17.5 Å². The first-order chi connectivity index (χ1) is 15.5. The molecule has 6 nitrogen and oxygen atoms in total. The molecule has 1 aromatic heterocycles. The van der Waals surface area contributed by atoms with Crippen LogP contribution in [0.5, 0.6) is 5.88 Å². The van der Waals surface area contributed by atoms with Crippen LogP contribution in [-0.2, 0) is 12.0 Å². The predicted octanol–water partition coefficient (Wildman–Crippen LogP) is 5.56. The zero-order valence-electron chi connectivity index (χ0n) is 20.3. The Bertz CT molecular complexity index is 1040. The second-order valence-electron chi connectivity index (χ2n) is 8.73. The van der Waals surface area contributed by atoms with Gasteiger partial charge in [-0.3, -0.25) is 4.79 Å². The number of aliphatic hydroxyl groups is 1. The van der Waals surface area contributed by atoms with Gasteiger partial charge in [-0.05, 0) is 58.2 Å². The maximum atomic E-state index is 13.2. The van der Waals surface area contributed by atoms with Crippen LogP contribution in [0.1, 0.15) is 67.8 Å². The molecule has 178 valence electrons. The number of aliphatic hydroxyl groups excluding tert-OH is 1. The minimum atomic E-state index is -0.555. The first kappa shape index (κ1) is 26.4. The number of amides is 1. The van der Waals surface area contributed by atoms with Crippen LogP contribution in [0.25, 0.3) is 0 Å². The van der Waals surface area contributed by atoms with Gasteiger partial charge >= 0.3 is 0 Å². The molecule has 7 heteroatoms. The molecule has 1 atom stereocenters. The fourth-order valence-corrected chi connectivity index (χ4v) is 3.27. The van der Waals surface area contributed by atoms with Crippen molar-refractivity contribution in [3.05, 3.63) is 82.2 Å². The number of aryl methyl sites for hydroxylation is 1. The highest BCUT2D eigenvalue weighted by Gasteiger charge is 2.29. The van der Waals surface area contributed by atoms with Gasteiger partial charge in [-0.1, -0.05) is 61.5 Å².